The molecule has 1 aliphatic rings. The third-order valence-electron chi connectivity index (χ3n) is 5.13. The molecule has 3 N–H and O–H groups in total. The monoisotopic (exact) mass is 411 g/mol. The minimum Gasteiger partial charge on any atom is -0.550 e. The number of nitrogens with zero attached hydrogens (tertiary/aromatic N) is 1. The van der Waals surface area contributed by atoms with E-state index < -0.39 is 23.6 Å². The van der Waals surface area contributed by atoms with Crippen molar-refractivity contribution >= 4 is 11.9 Å². The lowest BCUT2D eigenvalue weighted by atomic mass is 9.87. The highest BCUT2D eigenvalue weighted by atomic mass is 16.5. The number of benzene rings is 1. The predicted octanol–water partition coefficient (Wildman–Crippen LogP) is 0.679. The number of fused-ring (bicyclic) bond motifs is 1. The Bertz CT molecular complexity index is 782. The zero-order valence-electron chi connectivity index (χ0n) is 18.3. The topological polar surface area (TPSA) is 127 Å². The first-order valence-electron chi connectivity index (χ1n) is 9.51. The van der Waals surface area contributed by atoms with Gasteiger partial charge in [0.1, 0.15) is 24.1 Å². The molecule has 0 aliphatic carbocycles. The molecular formula is C21H33NO7. The van der Waals surface area contributed by atoms with Crippen LogP contribution in [0.3, 0.4) is 0 Å². The van der Waals surface area contributed by atoms with Gasteiger partial charge in [0.2, 0.25) is 5.60 Å². The maximum atomic E-state index is 11.3. The van der Waals surface area contributed by atoms with Crippen LogP contribution in [0.15, 0.2) is 0 Å². The number of ether oxygens (including phenoxy) is 1. The number of carboxylic acid groups (broad SMARTS) is 2. The molecule has 0 fully saturated rings. The molecule has 0 radical (unpaired) electrons. The number of aliphatic carboxylic acids is 2. The molecule has 0 saturated carbocycles. The van der Waals surface area contributed by atoms with E-state index in [9.17, 15) is 24.9 Å². The summed E-state index contributed by atoms with van der Waals surface area (Å²) in [6.45, 7) is 7.52. The van der Waals surface area contributed by atoms with Crippen LogP contribution in [0.5, 0.6) is 11.5 Å². The van der Waals surface area contributed by atoms with E-state index in [0.29, 0.717) is 29.6 Å². The molecule has 0 bridgehead atoms. The summed E-state index contributed by atoms with van der Waals surface area (Å²) in [5.74, 6) is -1.24. The van der Waals surface area contributed by atoms with Gasteiger partial charge >= 0.3 is 5.97 Å². The van der Waals surface area contributed by atoms with Gasteiger partial charge in [0.05, 0.1) is 21.1 Å². The number of carbonyl (C=O) groups is 2. The van der Waals surface area contributed by atoms with Crippen molar-refractivity contribution < 1.29 is 39.2 Å². The highest BCUT2D eigenvalue weighted by molar-refractivity contribution is 5.78. The molecule has 1 aliphatic heterocycles. The number of aliphatic hydroxyl groups excluding tert-OH is 1. The SMILES string of the molecule is C[N+](C)(C)CC(O)CC(=O)[O-].Cc1c(C)c2c(c(C)c1O)CCC(C)(C(=O)O)O2. The fourth-order valence-corrected chi connectivity index (χ4v) is 3.29. The number of aromatic hydroxyl groups is 1. The Hall–Kier alpha value is -2.32. The van der Waals surface area contributed by atoms with Crippen LogP contribution in [0, 0.1) is 20.8 Å². The zero-order chi connectivity index (χ0) is 22.7. The first-order valence-corrected chi connectivity index (χ1v) is 9.51. The number of quaternary nitrogens is 1. The van der Waals surface area contributed by atoms with Crippen LogP contribution in [0.1, 0.15) is 42.0 Å². The summed E-state index contributed by atoms with van der Waals surface area (Å²) >= 11 is 0. The lowest BCUT2D eigenvalue weighted by Crippen LogP contribution is -2.44. The standard InChI is InChI=1S/C14H18O4.C7H15NO3/c1-7-8(2)12-10(9(3)11(7)15)5-6-14(4,18-12)13(16)17;1-8(2,3)5-6(9)4-7(10)11/h15H,5-6H2,1-4H3,(H,16,17);6,9H,4-5H2,1-3H3. The second-order valence-electron chi connectivity index (χ2n) is 8.87. The largest absolute Gasteiger partial charge is 0.550 e. The van der Waals surface area contributed by atoms with Crippen molar-refractivity contribution in [3.8, 4) is 11.5 Å². The van der Waals surface area contributed by atoms with Crippen LogP contribution in [-0.4, -0.2) is 71.1 Å². The summed E-state index contributed by atoms with van der Waals surface area (Å²) in [5.41, 5.74) is 2.11. The van der Waals surface area contributed by atoms with E-state index in [4.69, 9.17) is 9.84 Å². The Morgan fingerprint density at radius 3 is 2.17 bits per heavy atom. The van der Waals surface area contributed by atoms with Gasteiger partial charge in [-0.05, 0) is 50.8 Å². The van der Waals surface area contributed by atoms with Crippen LogP contribution >= 0.6 is 0 Å². The molecule has 2 unspecified atom stereocenters. The molecule has 29 heavy (non-hydrogen) atoms. The van der Waals surface area contributed by atoms with E-state index >= 15 is 0 Å². The summed E-state index contributed by atoms with van der Waals surface area (Å²) in [6, 6.07) is 0. The fourth-order valence-electron chi connectivity index (χ4n) is 3.29. The number of hydrogen-bond donors (Lipinski definition) is 3. The molecule has 0 amide bonds. The molecule has 1 heterocycles. The van der Waals surface area contributed by atoms with E-state index in [-0.39, 0.29) is 12.2 Å². The summed E-state index contributed by atoms with van der Waals surface area (Å²) in [4.78, 5) is 21.3. The number of carboxylic acids is 2. The molecule has 0 spiro atoms. The lowest BCUT2D eigenvalue weighted by molar-refractivity contribution is -0.873. The summed E-state index contributed by atoms with van der Waals surface area (Å²) in [7, 11) is 5.66. The predicted molar refractivity (Wildman–Crippen MR) is 106 cm³/mol. The Balaban J connectivity index is 0.000000331. The number of phenols is 1. The van der Waals surface area contributed by atoms with Gasteiger partial charge in [-0.2, -0.15) is 0 Å². The van der Waals surface area contributed by atoms with Crippen LogP contribution < -0.4 is 9.84 Å². The molecule has 8 nitrogen and oxygen atoms in total. The first-order chi connectivity index (χ1) is 13.1. The van der Waals surface area contributed by atoms with Crippen molar-refractivity contribution in [3.05, 3.63) is 22.3 Å². The quantitative estimate of drug-likeness (QED) is 0.608. The zero-order valence-corrected chi connectivity index (χ0v) is 18.3. The van der Waals surface area contributed by atoms with Crippen molar-refractivity contribution in [2.75, 3.05) is 27.7 Å². The third kappa shape index (κ3) is 6.33. The van der Waals surface area contributed by atoms with Crippen LogP contribution in [0.2, 0.25) is 0 Å². The smallest absolute Gasteiger partial charge is 0.347 e. The minimum absolute atomic E-state index is 0.282. The van der Waals surface area contributed by atoms with Gasteiger partial charge in [-0.15, -0.1) is 0 Å². The summed E-state index contributed by atoms with van der Waals surface area (Å²) in [6.07, 6.45) is -0.0632. The van der Waals surface area contributed by atoms with Crippen LogP contribution in [-0.2, 0) is 16.0 Å². The molecular weight excluding hydrogens is 378 g/mol. The number of aliphatic hydroxyl groups is 1. The average molecular weight is 411 g/mol. The van der Waals surface area contributed by atoms with Gasteiger partial charge in [0, 0.05) is 24.4 Å². The van der Waals surface area contributed by atoms with Crippen molar-refractivity contribution in [3.63, 3.8) is 0 Å². The van der Waals surface area contributed by atoms with Gasteiger partial charge in [-0.3, -0.25) is 0 Å². The summed E-state index contributed by atoms with van der Waals surface area (Å²) in [5, 5.41) is 38.4. The Morgan fingerprint density at radius 1 is 1.17 bits per heavy atom. The highest BCUT2D eigenvalue weighted by Gasteiger charge is 2.40. The number of phenolic OH excluding ortho intramolecular Hbond substituents is 1. The van der Waals surface area contributed by atoms with Gasteiger partial charge in [0.25, 0.3) is 0 Å². The number of hydrogen-bond acceptors (Lipinski definition) is 6. The van der Waals surface area contributed by atoms with Gasteiger partial charge in [-0.25, -0.2) is 4.79 Å². The normalized spacial score (nSPS) is 19.3. The number of rotatable bonds is 5. The third-order valence-corrected chi connectivity index (χ3v) is 5.13. The average Bonchev–Trinajstić information content (AvgIpc) is 2.56. The highest BCUT2D eigenvalue weighted by Crippen LogP contribution is 2.43. The van der Waals surface area contributed by atoms with Gasteiger partial charge in [-0.1, -0.05) is 0 Å². The molecule has 0 aromatic heterocycles. The van der Waals surface area contributed by atoms with Crippen molar-refractivity contribution in [2.24, 2.45) is 0 Å². The van der Waals surface area contributed by atoms with Crippen molar-refractivity contribution in [1.82, 2.24) is 0 Å². The molecule has 2 rings (SSSR count). The molecule has 164 valence electrons. The second-order valence-corrected chi connectivity index (χ2v) is 8.87. The number of carbonyl (C=O) groups excluding carboxylic acids is 1. The van der Waals surface area contributed by atoms with E-state index in [2.05, 4.69) is 0 Å². The van der Waals surface area contributed by atoms with Crippen molar-refractivity contribution in [2.45, 2.75) is 58.7 Å². The van der Waals surface area contributed by atoms with Gasteiger partial charge in [0.15, 0.2) is 0 Å². The fraction of sp³-hybridized carbons (Fsp3) is 0.619. The van der Waals surface area contributed by atoms with Crippen LogP contribution in [0.4, 0.5) is 0 Å². The maximum absolute atomic E-state index is 11.3. The minimum atomic E-state index is -1.20. The summed E-state index contributed by atoms with van der Waals surface area (Å²) < 4.78 is 6.27. The Kier molecular flexibility index (Phi) is 7.67. The van der Waals surface area contributed by atoms with E-state index in [1.165, 1.54) is 0 Å². The van der Waals surface area contributed by atoms with E-state index in [1.54, 1.807) is 6.92 Å². The molecule has 0 saturated heterocycles. The van der Waals surface area contributed by atoms with Crippen molar-refractivity contribution in [1.29, 1.82) is 0 Å². The van der Waals surface area contributed by atoms with Crippen LogP contribution in [0.25, 0.3) is 0 Å². The first kappa shape index (κ1) is 24.7. The van der Waals surface area contributed by atoms with E-state index in [1.807, 2.05) is 41.9 Å². The Morgan fingerprint density at radius 2 is 1.72 bits per heavy atom. The molecule has 1 aromatic carbocycles. The Labute approximate surface area is 171 Å². The lowest BCUT2D eigenvalue weighted by Gasteiger charge is -2.34. The van der Waals surface area contributed by atoms with Gasteiger partial charge < -0.3 is 34.4 Å². The maximum Gasteiger partial charge on any atom is 0.347 e. The second kappa shape index (κ2) is 9.00. The molecule has 8 heteroatoms. The van der Waals surface area contributed by atoms with E-state index in [0.717, 1.165) is 22.3 Å². The molecule has 1 aromatic rings. The molecule has 2 atom stereocenters. The number of likely N-dealkylation sites (N-methyl/N-ethyl adjacent to an activating group) is 1.